The van der Waals surface area contributed by atoms with Crippen LogP contribution in [0.4, 0.5) is 8.78 Å². The van der Waals surface area contributed by atoms with E-state index in [1.54, 1.807) is 62.4 Å². The van der Waals surface area contributed by atoms with Gasteiger partial charge in [0.25, 0.3) is 0 Å². The lowest BCUT2D eigenvalue weighted by Gasteiger charge is -2.48. The molecule has 8 rings (SSSR count). The van der Waals surface area contributed by atoms with Gasteiger partial charge in [0, 0.05) is 163 Å². The van der Waals surface area contributed by atoms with Crippen molar-refractivity contribution in [1.82, 2.24) is 28.2 Å². The smallest absolute Gasteiger partial charge is 0.167 e. The molecule has 4 saturated heterocycles. The van der Waals surface area contributed by atoms with E-state index < -0.39 is 69.1 Å². The molecule has 13 nitrogen and oxygen atoms in total. The van der Waals surface area contributed by atoms with Gasteiger partial charge in [-0.1, -0.05) is 62.4 Å². The lowest BCUT2D eigenvalue weighted by molar-refractivity contribution is -0.133. The second kappa shape index (κ2) is 24.2. The Hall–Kier alpha value is -4.59. The van der Waals surface area contributed by atoms with Crippen molar-refractivity contribution >= 4 is 39.3 Å². The highest BCUT2D eigenvalue weighted by molar-refractivity contribution is 7.82. The molecule has 0 spiro atoms. The Kier molecular flexibility index (Phi) is 18.0. The maximum Gasteiger partial charge on any atom is 0.167 e. The number of aromatic hydroxyl groups is 2. The van der Waals surface area contributed by atoms with Crippen molar-refractivity contribution in [3.63, 3.8) is 0 Å². The quantitative estimate of drug-likeness (QED) is 0.115. The molecule has 0 bridgehead atoms. The highest BCUT2D eigenvalue weighted by Crippen LogP contribution is 2.48. The molecule has 4 aliphatic heterocycles. The molecular formula is C55H70F2N6O7S2. The van der Waals surface area contributed by atoms with Gasteiger partial charge in [-0.25, -0.2) is 25.8 Å². The molecule has 4 aromatic carbocycles. The number of carbonyl (C=O) groups is 3. The number of ketones is 3. The van der Waals surface area contributed by atoms with Crippen LogP contribution in [0.3, 0.4) is 0 Å². The maximum absolute atomic E-state index is 16.6. The van der Waals surface area contributed by atoms with Crippen LogP contribution in [0.25, 0.3) is 0 Å². The monoisotopic (exact) mass is 1030 g/mol. The fourth-order valence-electron chi connectivity index (χ4n) is 11.8. The number of phenols is 2. The van der Waals surface area contributed by atoms with Crippen LogP contribution in [-0.4, -0.2) is 180 Å². The number of phenolic OH excluding ortho intramolecular Hbond substituents is 2. The van der Waals surface area contributed by atoms with Crippen molar-refractivity contribution in [2.24, 2.45) is 23.7 Å². The van der Waals surface area contributed by atoms with Gasteiger partial charge >= 0.3 is 0 Å². The predicted molar refractivity (Wildman–Crippen MR) is 278 cm³/mol. The van der Waals surface area contributed by atoms with Crippen LogP contribution in [0.5, 0.6) is 11.5 Å². The standard InChI is InChI=1S/C55H70F2N6O7S2/c1-5-71(69)62-27-23-58(24-28-62)19-21-60-33-45(53(66)39-11-7-13-41(64)31-39)51(43-15-9-17-49(56)37(43)3)47(35-60)55(68)48-36-61(22-20-59-25-29-63(30-26-59)72(70)6-2)34-46(54(67)40-12-8-14-42(65)32-40)52(48)44-16-10-18-50(57)38(44)4/h7-18,31-32,45-48,51-52,64-65H,5-6,19-30,33-36H2,1-4H3. The minimum Gasteiger partial charge on any atom is -0.508 e. The summed E-state index contributed by atoms with van der Waals surface area (Å²) in [6, 6.07) is 21.9. The number of carbonyl (C=O) groups excluding carboxylic acids is 3. The number of piperazine rings is 2. The first-order valence-corrected chi connectivity index (χ1v) is 28.1. The number of likely N-dealkylation sites (tertiary alicyclic amines) is 2. The Balaban J connectivity index is 1.22. The first-order chi connectivity index (χ1) is 34.6. The Morgan fingerprint density at radius 3 is 1.22 bits per heavy atom. The molecule has 2 N–H and O–H groups in total. The third-order valence-corrected chi connectivity index (χ3v) is 18.6. The van der Waals surface area contributed by atoms with Gasteiger partial charge in [0.05, 0.1) is 22.0 Å². The first kappa shape index (κ1) is 53.7. The average Bonchev–Trinajstić information content (AvgIpc) is 3.40. The predicted octanol–water partition coefficient (Wildman–Crippen LogP) is 5.89. The summed E-state index contributed by atoms with van der Waals surface area (Å²) in [5.74, 6) is -5.97. The van der Waals surface area contributed by atoms with E-state index in [0.717, 1.165) is 0 Å². The SMILES string of the molecule is CCS(=O)N1CCN(CCN2CC(C(=O)c3cccc(O)c3)C(c3cccc(F)c3C)C(C(=O)C3CN(CCN4CCN(S(=O)CC)CC4)CC(C(=O)c4cccc(O)c4)C3c3cccc(F)c3C)C2)CC1. The summed E-state index contributed by atoms with van der Waals surface area (Å²) in [6.45, 7) is 15.8. The number of benzene rings is 4. The fraction of sp³-hybridized carbons (Fsp3) is 0.509. The van der Waals surface area contributed by atoms with E-state index in [9.17, 15) is 18.6 Å². The molecule has 0 radical (unpaired) electrons. The lowest BCUT2D eigenvalue weighted by atomic mass is 9.62. The second-order valence-electron chi connectivity index (χ2n) is 19.9. The summed E-state index contributed by atoms with van der Waals surface area (Å²) in [5.41, 5.74) is 2.26. The van der Waals surface area contributed by atoms with Crippen LogP contribution < -0.4 is 0 Å². The first-order valence-electron chi connectivity index (χ1n) is 25.5. The second-order valence-corrected chi connectivity index (χ2v) is 23.4. The molecule has 4 fully saturated rings. The van der Waals surface area contributed by atoms with Crippen molar-refractivity contribution in [3.05, 3.63) is 130 Å². The Morgan fingerprint density at radius 1 is 0.514 bits per heavy atom. The molecule has 17 heteroatoms. The number of nitrogens with zero attached hydrogens (tertiary/aromatic N) is 6. The van der Waals surface area contributed by atoms with E-state index in [0.29, 0.717) is 112 Å². The van der Waals surface area contributed by atoms with Gasteiger partial charge in [-0.05, 0) is 72.5 Å². The number of halogens is 2. The molecule has 0 aliphatic carbocycles. The third kappa shape index (κ3) is 12.2. The maximum atomic E-state index is 16.6. The Morgan fingerprint density at radius 2 is 0.861 bits per heavy atom. The van der Waals surface area contributed by atoms with Crippen molar-refractivity contribution in [1.29, 1.82) is 0 Å². The molecule has 0 amide bonds. The molecule has 8 atom stereocenters. The summed E-state index contributed by atoms with van der Waals surface area (Å²) in [5, 5.41) is 21.3. The lowest BCUT2D eigenvalue weighted by Crippen LogP contribution is -2.57. The van der Waals surface area contributed by atoms with Crippen molar-refractivity contribution < 1.29 is 41.8 Å². The summed E-state index contributed by atoms with van der Waals surface area (Å²) in [6.07, 6.45) is 0. The molecule has 4 aromatic rings. The van der Waals surface area contributed by atoms with Gasteiger partial charge in [-0.3, -0.25) is 24.2 Å². The van der Waals surface area contributed by atoms with Gasteiger partial charge in [0.1, 0.15) is 28.9 Å². The van der Waals surface area contributed by atoms with E-state index in [2.05, 4.69) is 19.6 Å². The molecular weight excluding hydrogens is 959 g/mol. The van der Waals surface area contributed by atoms with E-state index in [-0.39, 0.29) is 66.2 Å². The minimum atomic E-state index is -1.05. The van der Waals surface area contributed by atoms with E-state index in [4.69, 9.17) is 0 Å². The van der Waals surface area contributed by atoms with Gasteiger partial charge in [0.15, 0.2) is 11.6 Å². The molecule has 4 aliphatic rings. The van der Waals surface area contributed by atoms with Crippen LogP contribution in [0.15, 0.2) is 84.9 Å². The molecule has 388 valence electrons. The minimum absolute atomic E-state index is 0.0846. The van der Waals surface area contributed by atoms with Crippen LogP contribution in [-0.2, 0) is 26.8 Å². The Labute approximate surface area is 428 Å². The van der Waals surface area contributed by atoms with E-state index >= 15 is 23.2 Å². The zero-order valence-electron chi connectivity index (χ0n) is 42.0. The number of hydrogen-bond acceptors (Lipinski definition) is 11. The van der Waals surface area contributed by atoms with Crippen LogP contribution in [0.1, 0.15) is 68.7 Å². The van der Waals surface area contributed by atoms with Crippen LogP contribution in [0, 0.1) is 49.2 Å². The van der Waals surface area contributed by atoms with Gasteiger partial charge < -0.3 is 20.0 Å². The average molecular weight is 1030 g/mol. The van der Waals surface area contributed by atoms with E-state index in [1.165, 1.54) is 36.4 Å². The van der Waals surface area contributed by atoms with Crippen molar-refractivity contribution in [2.45, 2.75) is 39.5 Å². The highest BCUT2D eigenvalue weighted by Gasteiger charge is 2.52. The zero-order chi connectivity index (χ0) is 51.2. The summed E-state index contributed by atoms with van der Waals surface area (Å²) in [7, 11) is -2.09. The van der Waals surface area contributed by atoms with Gasteiger partial charge in [-0.2, -0.15) is 0 Å². The molecule has 0 saturated carbocycles. The molecule has 0 aromatic heterocycles. The summed E-state index contributed by atoms with van der Waals surface area (Å²) < 4.78 is 61.1. The fourth-order valence-corrected chi connectivity index (χ4v) is 13.6. The molecule has 72 heavy (non-hydrogen) atoms. The number of piperidine rings is 2. The number of hydrogen-bond donors (Lipinski definition) is 2. The van der Waals surface area contributed by atoms with Crippen LogP contribution >= 0.6 is 0 Å². The largest absolute Gasteiger partial charge is 0.508 e. The Bertz CT molecular complexity index is 2450. The number of rotatable bonds is 18. The van der Waals surface area contributed by atoms with Gasteiger partial charge in [-0.15, -0.1) is 0 Å². The highest BCUT2D eigenvalue weighted by atomic mass is 32.2. The van der Waals surface area contributed by atoms with Crippen LogP contribution in [0.2, 0.25) is 0 Å². The van der Waals surface area contributed by atoms with E-state index in [1.807, 2.05) is 22.5 Å². The van der Waals surface area contributed by atoms with Crippen molar-refractivity contribution in [2.75, 3.05) is 116 Å². The van der Waals surface area contributed by atoms with Gasteiger partial charge in [0.2, 0.25) is 0 Å². The summed E-state index contributed by atoms with van der Waals surface area (Å²) >= 11 is 0. The topological polar surface area (TPSA) is 145 Å². The summed E-state index contributed by atoms with van der Waals surface area (Å²) in [4.78, 5) is 55.8. The van der Waals surface area contributed by atoms with Crippen molar-refractivity contribution in [3.8, 4) is 11.5 Å². The molecule has 4 heterocycles. The number of Topliss-reactive ketones (excluding diaryl/α,β-unsaturated/α-hetero) is 3. The zero-order valence-corrected chi connectivity index (χ0v) is 43.6. The normalized spacial score (nSPS) is 25.2. The third-order valence-electron chi connectivity index (χ3n) is 15.8. The molecule has 8 unspecified atom stereocenters.